The maximum absolute atomic E-state index is 11.9. The average molecular weight is 353 g/mol. The van der Waals surface area contributed by atoms with Gasteiger partial charge in [-0.3, -0.25) is 5.32 Å². The van der Waals surface area contributed by atoms with E-state index >= 15 is 0 Å². The summed E-state index contributed by atoms with van der Waals surface area (Å²) in [4.78, 5) is 16.0. The van der Waals surface area contributed by atoms with Crippen LogP contribution in [-0.4, -0.2) is 28.2 Å². The fraction of sp³-hybridized carbons (Fsp3) is 0.0625. The lowest BCUT2D eigenvalue weighted by Gasteiger charge is -2.08. The highest BCUT2D eigenvalue weighted by Gasteiger charge is 2.11. The molecule has 0 aliphatic rings. The van der Waals surface area contributed by atoms with Gasteiger partial charge in [0.1, 0.15) is 12.7 Å². The number of hydrogen-bond donors (Lipinski definition) is 3. The summed E-state index contributed by atoms with van der Waals surface area (Å²) in [6.07, 6.45) is -0.615. The minimum Gasteiger partial charge on any atom is -0.444 e. The molecule has 0 aliphatic carbocycles. The van der Waals surface area contributed by atoms with Crippen molar-refractivity contribution in [3.05, 3.63) is 53.0 Å². The van der Waals surface area contributed by atoms with Crippen molar-refractivity contribution in [3.8, 4) is 6.07 Å². The molecular weight excluding hydrogens is 341 g/mol. The number of anilines is 1. The molecule has 9 heteroatoms. The van der Waals surface area contributed by atoms with Crippen LogP contribution in [0.2, 0.25) is 0 Å². The Bertz CT molecular complexity index is 950. The molecule has 1 heterocycles. The van der Waals surface area contributed by atoms with E-state index in [-0.39, 0.29) is 6.61 Å². The fourth-order valence-electron chi connectivity index (χ4n) is 2.14. The first kappa shape index (κ1) is 16.9. The molecule has 1 aromatic heterocycles. The molecule has 0 bridgehead atoms. The van der Waals surface area contributed by atoms with Gasteiger partial charge >= 0.3 is 13.2 Å². The lowest BCUT2D eigenvalue weighted by molar-refractivity contribution is 0.155. The highest BCUT2D eigenvalue weighted by Crippen LogP contribution is 2.24. The summed E-state index contributed by atoms with van der Waals surface area (Å²) < 4.78 is 5.93. The van der Waals surface area contributed by atoms with Crippen LogP contribution in [0.5, 0.6) is 0 Å². The number of nitrogens with one attached hydrogen (secondary N) is 1. The van der Waals surface area contributed by atoms with Crippen LogP contribution in [0.15, 0.2) is 42.5 Å². The first-order valence-electron chi connectivity index (χ1n) is 7.24. The molecule has 3 aromatic rings. The van der Waals surface area contributed by atoms with Crippen molar-refractivity contribution in [3.63, 3.8) is 0 Å². The number of ether oxygens (including phenoxy) is 1. The van der Waals surface area contributed by atoms with Crippen molar-refractivity contribution < 1.29 is 19.6 Å². The quantitative estimate of drug-likeness (QED) is 0.614. The molecule has 0 atom stereocenters. The Morgan fingerprint density at radius 3 is 2.72 bits per heavy atom. The molecule has 0 saturated heterocycles. The second-order valence-electron chi connectivity index (χ2n) is 5.13. The van der Waals surface area contributed by atoms with Crippen LogP contribution in [-0.2, 0) is 11.3 Å². The zero-order valence-corrected chi connectivity index (χ0v) is 13.7. The molecular formula is C16H12BN3O4S. The summed E-state index contributed by atoms with van der Waals surface area (Å²) in [5, 5.41) is 29.9. The summed E-state index contributed by atoms with van der Waals surface area (Å²) >= 11 is 1.25. The molecule has 124 valence electrons. The van der Waals surface area contributed by atoms with Gasteiger partial charge in [0.25, 0.3) is 0 Å². The number of nitrogens with zero attached hydrogens (tertiary/aromatic N) is 2. The number of carbonyl (C=O) groups is 1. The number of amides is 1. The third-order valence-electron chi connectivity index (χ3n) is 3.38. The van der Waals surface area contributed by atoms with E-state index in [1.54, 1.807) is 42.5 Å². The molecule has 3 rings (SSSR count). The summed E-state index contributed by atoms with van der Waals surface area (Å²) in [7, 11) is -1.53. The van der Waals surface area contributed by atoms with Crippen molar-refractivity contribution in [2.75, 3.05) is 5.32 Å². The Labute approximate surface area is 147 Å². The Morgan fingerprint density at radius 1 is 1.28 bits per heavy atom. The van der Waals surface area contributed by atoms with Crippen molar-refractivity contribution in [2.24, 2.45) is 0 Å². The number of carbonyl (C=O) groups excluding carboxylic acids is 1. The van der Waals surface area contributed by atoms with Crippen molar-refractivity contribution in [1.29, 1.82) is 5.26 Å². The van der Waals surface area contributed by atoms with E-state index in [9.17, 15) is 4.79 Å². The van der Waals surface area contributed by atoms with Gasteiger partial charge < -0.3 is 14.8 Å². The topological polar surface area (TPSA) is 115 Å². The monoisotopic (exact) mass is 353 g/mol. The molecule has 1 amide bonds. The molecule has 0 spiro atoms. The molecule has 0 saturated carbocycles. The minimum absolute atomic E-state index is 0.0506. The van der Waals surface area contributed by atoms with Gasteiger partial charge in [-0.05, 0) is 29.2 Å². The van der Waals surface area contributed by atoms with Crippen LogP contribution in [0.3, 0.4) is 0 Å². The van der Waals surface area contributed by atoms with Crippen molar-refractivity contribution in [1.82, 2.24) is 4.98 Å². The Kier molecular flexibility index (Phi) is 4.95. The van der Waals surface area contributed by atoms with Crippen LogP contribution in [0, 0.1) is 11.3 Å². The highest BCUT2D eigenvalue weighted by molar-refractivity contribution is 7.19. The molecule has 7 nitrogen and oxygen atoms in total. The molecule has 25 heavy (non-hydrogen) atoms. The van der Waals surface area contributed by atoms with Crippen LogP contribution in [0.4, 0.5) is 10.5 Å². The third kappa shape index (κ3) is 4.13. The first-order chi connectivity index (χ1) is 12.0. The molecule has 0 unspecified atom stereocenters. The summed E-state index contributed by atoms with van der Waals surface area (Å²) in [6.45, 7) is 0.0506. The summed E-state index contributed by atoms with van der Waals surface area (Å²) in [6, 6.07) is 13.5. The van der Waals surface area contributed by atoms with Crippen LogP contribution >= 0.6 is 11.3 Å². The number of benzene rings is 2. The SMILES string of the molecule is N#Cc1nc2ccc(NC(=O)OCc3ccc(B(O)O)cc3)cc2s1. The number of nitriles is 1. The van der Waals surface area contributed by atoms with Crippen LogP contribution in [0.25, 0.3) is 10.2 Å². The second-order valence-corrected chi connectivity index (χ2v) is 6.16. The number of thiazole rings is 1. The largest absolute Gasteiger partial charge is 0.488 e. The number of aromatic nitrogens is 1. The van der Waals surface area contributed by atoms with Crippen LogP contribution in [0.1, 0.15) is 10.6 Å². The normalized spacial score (nSPS) is 10.3. The molecule has 2 aromatic carbocycles. The second kappa shape index (κ2) is 7.31. The van der Waals surface area contributed by atoms with Gasteiger partial charge in [-0.25, -0.2) is 9.78 Å². The molecule has 0 radical (unpaired) electrons. The van der Waals surface area contributed by atoms with Gasteiger partial charge in [-0.2, -0.15) is 5.26 Å². The van der Waals surface area contributed by atoms with E-state index < -0.39 is 13.2 Å². The Morgan fingerprint density at radius 2 is 2.04 bits per heavy atom. The van der Waals surface area contributed by atoms with Crippen molar-refractivity contribution >= 4 is 45.9 Å². The van der Waals surface area contributed by atoms with Gasteiger partial charge in [-0.15, -0.1) is 11.3 Å². The Hall–Kier alpha value is -2.93. The number of rotatable bonds is 4. The zero-order chi connectivity index (χ0) is 17.8. The number of hydrogen-bond acceptors (Lipinski definition) is 7. The summed E-state index contributed by atoms with van der Waals surface area (Å²) in [5.74, 6) is 0. The van der Waals surface area contributed by atoms with E-state index in [0.717, 1.165) is 10.3 Å². The summed E-state index contributed by atoms with van der Waals surface area (Å²) in [5.41, 5.74) is 2.33. The Balaban J connectivity index is 1.59. The number of fused-ring (bicyclic) bond motifs is 1. The van der Waals surface area contributed by atoms with Crippen molar-refractivity contribution in [2.45, 2.75) is 6.61 Å². The van der Waals surface area contributed by atoms with E-state index in [4.69, 9.17) is 20.0 Å². The minimum atomic E-state index is -1.53. The highest BCUT2D eigenvalue weighted by atomic mass is 32.1. The maximum atomic E-state index is 11.9. The van der Waals surface area contributed by atoms with Crippen LogP contribution < -0.4 is 10.8 Å². The predicted octanol–water partition coefficient (Wildman–Crippen LogP) is 1.60. The standard InChI is InChI=1S/C16H12BN3O4S/c18-8-15-20-13-6-5-12(7-14(13)25-15)19-16(21)24-9-10-1-3-11(4-2-10)17(22)23/h1-7,22-23H,9H2,(H,19,21). The fourth-order valence-corrected chi connectivity index (χ4v) is 2.94. The van der Waals surface area contributed by atoms with Gasteiger partial charge in [-0.1, -0.05) is 24.3 Å². The van der Waals surface area contributed by atoms with Gasteiger partial charge in [0.15, 0.2) is 5.01 Å². The average Bonchev–Trinajstić information content (AvgIpc) is 3.02. The third-order valence-corrected chi connectivity index (χ3v) is 4.30. The first-order valence-corrected chi connectivity index (χ1v) is 8.06. The van der Waals surface area contributed by atoms with E-state index in [0.29, 0.717) is 21.7 Å². The van der Waals surface area contributed by atoms with E-state index in [1.807, 2.05) is 6.07 Å². The van der Waals surface area contributed by atoms with E-state index in [1.165, 1.54) is 11.3 Å². The van der Waals surface area contributed by atoms with Gasteiger partial charge in [0, 0.05) is 5.69 Å². The van der Waals surface area contributed by atoms with Gasteiger partial charge in [0.05, 0.1) is 10.2 Å². The van der Waals surface area contributed by atoms with E-state index in [2.05, 4.69) is 10.3 Å². The zero-order valence-electron chi connectivity index (χ0n) is 12.8. The predicted molar refractivity (Wildman–Crippen MR) is 94.4 cm³/mol. The lowest BCUT2D eigenvalue weighted by Crippen LogP contribution is -2.29. The maximum Gasteiger partial charge on any atom is 0.488 e. The molecule has 0 fully saturated rings. The lowest BCUT2D eigenvalue weighted by atomic mass is 9.80. The molecule has 3 N–H and O–H groups in total. The van der Waals surface area contributed by atoms with Gasteiger partial charge in [0.2, 0.25) is 0 Å². The smallest absolute Gasteiger partial charge is 0.444 e. The molecule has 0 aliphatic heterocycles.